The first-order valence-corrected chi connectivity index (χ1v) is 6.79. The van der Waals surface area contributed by atoms with E-state index in [1.807, 2.05) is 0 Å². The monoisotopic (exact) mass is 259 g/mol. The van der Waals surface area contributed by atoms with E-state index in [2.05, 4.69) is 36.4 Å². The largest absolute Gasteiger partial charge is 0.382 e. The summed E-state index contributed by atoms with van der Waals surface area (Å²) in [7, 11) is 1.67. The molecule has 0 atom stereocenters. The highest BCUT2D eigenvalue weighted by molar-refractivity contribution is 5.79. The molecule has 0 aromatic heterocycles. The predicted octanol–water partition coefficient (Wildman–Crippen LogP) is 1.25. The Morgan fingerprint density at radius 2 is 1.94 bits per heavy atom. The zero-order chi connectivity index (χ0) is 13.6. The minimum absolute atomic E-state index is 0.638. The lowest BCUT2D eigenvalue weighted by Crippen LogP contribution is -2.39. The summed E-state index contributed by atoms with van der Waals surface area (Å²) in [4.78, 5) is 4.50. The smallest absolute Gasteiger partial charge is 0.191 e. The number of methoxy groups -OCH3 is 1. The van der Waals surface area contributed by atoms with Crippen LogP contribution in [-0.2, 0) is 9.47 Å². The molecule has 0 saturated carbocycles. The first-order valence-electron chi connectivity index (χ1n) is 6.79. The van der Waals surface area contributed by atoms with Crippen molar-refractivity contribution in [3.8, 4) is 0 Å². The van der Waals surface area contributed by atoms with E-state index in [0.717, 1.165) is 32.0 Å². The minimum Gasteiger partial charge on any atom is -0.382 e. The molecule has 0 aromatic rings. The molecule has 0 fully saturated rings. The third-order valence-corrected chi connectivity index (χ3v) is 2.29. The van der Waals surface area contributed by atoms with Crippen LogP contribution in [0.25, 0.3) is 0 Å². The van der Waals surface area contributed by atoms with Crippen LogP contribution >= 0.6 is 0 Å². The first-order chi connectivity index (χ1) is 8.70. The summed E-state index contributed by atoms with van der Waals surface area (Å²) >= 11 is 0. The van der Waals surface area contributed by atoms with Gasteiger partial charge in [0.05, 0.1) is 19.8 Å². The van der Waals surface area contributed by atoms with Crippen molar-refractivity contribution in [2.45, 2.75) is 27.2 Å². The molecule has 0 aliphatic heterocycles. The van der Waals surface area contributed by atoms with E-state index in [-0.39, 0.29) is 0 Å². The van der Waals surface area contributed by atoms with Crippen LogP contribution in [0.15, 0.2) is 4.99 Å². The van der Waals surface area contributed by atoms with Gasteiger partial charge in [-0.2, -0.15) is 0 Å². The van der Waals surface area contributed by atoms with Crippen molar-refractivity contribution < 1.29 is 9.47 Å². The molecular weight excluding hydrogens is 230 g/mol. The normalized spacial score (nSPS) is 11.9. The molecule has 18 heavy (non-hydrogen) atoms. The Morgan fingerprint density at radius 3 is 2.56 bits per heavy atom. The van der Waals surface area contributed by atoms with E-state index in [9.17, 15) is 0 Å². The van der Waals surface area contributed by atoms with Gasteiger partial charge in [-0.3, -0.25) is 4.99 Å². The summed E-state index contributed by atoms with van der Waals surface area (Å²) in [6.45, 7) is 10.9. The Bertz CT molecular complexity index is 208. The Morgan fingerprint density at radius 1 is 1.17 bits per heavy atom. The average Bonchev–Trinajstić information content (AvgIpc) is 2.33. The summed E-state index contributed by atoms with van der Waals surface area (Å²) in [6, 6.07) is 0. The lowest BCUT2D eigenvalue weighted by Gasteiger charge is -2.11. The molecule has 0 heterocycles. The molecular formula is C13H29N3O2. The fourth-order valence-electron chi connectivity index (χ4n) is 1.26. The molecule has 0 saturated heterocycles. The zero-order valence-electron chi connectivity index (χ0n) is 12.3. The average molecular weight is 259 g/mol. The summed E-state index contributed by atoms with van der Waals surface area (Å²) in [5.74, 6) is 1.56. The third-order valence-electron chi connectivity index (χ3n) is 2.29. The van der Waals surface area contributed by atoms with Gasteiger partial charge in [0.15, 0.2) is 5.96 Å². The van der Waals surface area contributed by atoms with E-state index >= 15 is 0 Å². The van der Waals surface area contributed by atoms with Gasteiger partial charge in [-0.15, -0.1) is 0 Å². The quantitative estimate of drug-likeness (QED) is 0.352. The molecule has 0 aliphatic carbocycles. The van der Waals surface area contributed by atoms with Crippen LogP contribution in [0.2, 0.25) is 0 Å². The summed E-state index contributed by atoms with van der Waals surface area (Å²) in [6.07, 6.45) is 1.11. The summed E-state index contributed by atoms with van der Waals surface area (Å²) in [5.41, 5.74) is 0. The number of guanidine groups is 1. The lowest BCUT2D eigenvalue weighted by atomic mass is 10.1. The fraction of sp³-hybridized carbons (Fsp3) is 0.923. The van der Waals surface area contributed by atoms with Gasteiger partial charge in [0.2, 0.25) is 0 Å². The fourth-order valence-corrected chi connectivity index (χ4v) is 1.26. The van der Waals surface area contributed by atoms with Crippen LogP contribution < -0.4 is 10.6 Å². The van der Waals surface area contributed by atoms with Crippen LogP contribution in [-0.4, -0.2) is 52.5 Å². The van der Waals surface area contributed by atoms with E-state index in [4.69, 9.17) is 9.47 Å². The molecule has 0 spiro atoms. The molecule has 0 unspecified atom stereocenters. The van der Waals surface area contributed by atoms with E-state index in [0.29, 0.717) is 25.7 Å². The maximum absolute atomic E-state index is 5.38. The van der Waals surface area contributed by atoms with Crippen molar-refractivity contribution in [3.05, 3.63) is 0 Å². The molecule has 108 valence electrons. The van der Waals surface area contributed by atoms with Gasteiger partial charge in [0.1, 0.15) is 0 Å². The Balaban J connectivity index is 3.68. The second-order valence-electron chi connectivity index (χ2n) is 4.48. The van der Waals surface area contributed by atoms with Gasteiger partial charge in [0.25, 0.3) is 0 Å². The highest BCUT2D eigenvalue weighted by Gasteiger charge is 1.97. The molecule has 0 radical (unpaired) electrons. The van der Waals surface area contributed by atoms with Gasteiger partial charge in [0, 0.05) is 26.7 Å². The van der Waals surface area contributed by atoms with Crippen molar-refractivity contribution >= 4 is 5.96 Å². The maximum Gasteiger partial charge on any atom is 0.191 e. The molecule has 0 amide bonds. The predicted molar refractivity (Wildman–Crippen MR) is 76.1 cm³/mol. The topological polar surface area (TPSA) is 54.9 Å². The number of hydrogen-bond donors (Lipinski definition) is 2. The van der Waals surface area contributed by atoms with Crippen LogP contribution in [0.1, 0.15) is 27.2 Å². The number of hydrogen-bond acceptors (Lipinski definition) is 3. The number of nitrogens with one attached hydrogen (secondary N) is 2. The van der Waals surface area contributed by atoms with Gasteiger partial charge >= 0.3 is 0 Å². The number of nitrogens with zero attached hydrogens (tertiary/aromatic N) is 1. The molecule has 0 aromatic carbocycles. The van der Waals surface area contributed by atoms with Crippen LogP contribution in [0.5, 0.6) is 0 Å². The zero-order valence-corrected chi connectivity index (χ0v) is 12.3. The Labute approximate surface area is 111 Å². The van der Waals surface area contributed by atoms with Gasteiger partial charge in [-0.1, -0.05) is 13.8 Å². The van der Waals surface area contributed by atoms with Crippen LogP contribution in [0.3, 0.4) is 0 Å². The van der Waals surface area contributed by atoms with Gasteiger partial charge < -0.3 is 20.1 Å². The highest BCUT2D eigenvalue weighted by Crippen LogP contribution is 1.98. The van der Waals surface area contributed by atoms with Crippen LogP contribution in [0, 0.1) is 5.92 Å². The molecule has 5 nitrogen and oxygen atoms in total. The van der Waals surface area contributed by atoms with E-state index in [1.165, 1.54) is 0 Å². The first kappa shape index (κ1) is 17.2. The molecule has 5 heteroatoms. The molecule has 0 bridgehead atoms. The Hall–Kier alpha value is -0.810. The number of ether oxygens (including phenoxy) is 2. The molecule has 0 rings (SSSR count). The van der Waals surface area contributed by atoms with E-state index < -0.39 is 0 Å². The second kappa shape index (κ2) is 12.6. The molecule has 2 N–H and O–H groups in total. The maximum atomic E-state index is 5.38. The van der Waals surface area contributed by atoms with Crippen LogP contribution in [0.4, 0.5) is 0 Å². The Kier molecular flexibility index (Phi) is 12.1. The van der Waals surface area contributed by atoms with Crippen molar-refractivity contribution in [1.29, 1.82) is 0 Å². The SMILES string of the molecule is CCNC(=NCCC(C)C)NCCOCCOC. The third kappa shape index (κ3) is 11.7. The van der Waals surface area contributed by atoms with Gasteiger partial charge in [-0.05, 0) is 19.3 Å². The van der Waals surface area contributed by atoms with Crippen molar-refractivity contribution in [2.24, 2.45) is 10.9 Å². The second-order valence-corrected chi connectivity index (χ2v) is 4.48. The summed E-state index contributed by atoms with van der Waals surface area (Å²) in [5, 5.41) is 6.46. The molecule has 0 aliphatic rings. The van der Waals surface area contributed by atoms with E-state index in [1.54, 1.807) is 7.11 Å². The number of aliphatic imine (C=N–C) groups is 1. The van der Waals surface area contributed by atoms with Crippen molar-refractivity contribution in [1.82, 2.24) is 10.6 Å². The minimum atomic E-state index is 0.638. The lowest BCUT2D eigenvalue weighted by molar-refractivity contribution is 0.0733. The number of rotatable bonds is 10. The highest BCUT2D eigenvalue weighted by atomic mass is 16.5. The summed E-state index contributed by atoms with van der Waals surface area (Å²) < 4.78 is 10.3. The van der Waals surface area contributed by atoms with Crippen molar-refractivity contribution in [3.63, 3.8) is 0 Å². The van der Waals surface area contributed by atoms with Gasteiger partial charge in [-0.25, -0.2) is 0 Å². The van der Waals surface area contributed by atoms with Crippen molar-refractivity contribution in [2.75, 3.05) is 46.6 Å². The standard InChI is InChI=1S/C13H29N3O2/c1-5-14-13(15-7-6-12(2)3)16-8-9-18-11-10-17-4/h12H,5-11H2,1-4H3,(H2,14,15,16).